The number of aryl methyl sites for hydroxylation is 1. The van der Waals surface area contributed by atoms with Gasteiger partial charge in [-0.2, -0.15) is 0 Å². The first-order valence-corrected chi connectivity index (χ1v) is 9.89. The van der Waals surface area contributed by atoms with Crippen molar-refractivity contribution < 1.29 is 9.21 Å². The fourth-order valence-corrected chi connectivity index (χ4v) is 3.26. The lowest BCUT2D eigenvalue weighted by atomic mass is 10.2. The maximum absolute atomic E-state index is 12.0. The maximum atomic E-state index is 12.0. The summed E-state index contributed by atoms with van der Waals surface area (Å²) in [5.41, 5.74) is 2.00. The average Bonchev–Trinajstić information content (AvgIpc) is 3.05. The van der Waals surface area contributed by atoms with Crippen LogP contribution >= 0.6 is 0 Å². The summed E-state index contributed by atoms with van der Waals surface area (Å²) in [6.07, 6.45) is 2.15. The molecule has 6 heteroatoms. The van der Waals surface area contributed by atoms with Crippen molar-refractivity contribution in [3.63, 3.8) is 0 Å². The van der Waals surface area contributed by atoms with Crippen molar-refractivity contribution in [3.05, 3.63) is 41.8 Å². The van der Waals surface area contributed by atoms with E-state index in [2.05, 4.69) is 22.0 Å². The smallest absolute Gasteiger partial charge is 0.234 e. The van der Waals surface area contributed by atoms with Gasteiger partial charge < -0.3 is 9.73 Å². The molecule has 1 fully saturated rings. The molecular formula is C21H30N4O2. The van der Waals surface area contributed by atoms with Gasteiger partial charge in [0, 0.05) is 44.8 Å². The Hall–Kier alpha value is -2.18. The molecule has 27 heavy (non-hydrogen) atoms. The summed E-state index contributed by atoms with van der Waals surface area (Å²) in [6.45, 7) is 9.87. The molecule has 2 heterocycles. The minimum Gasteiger partial charge on any atom is -0.441 e. The third-order valence-electron chi connectivity index (χ3n) is 4.97. The first-order valence-electron chi connectivity index (χ1n) is 9.89. The monoisotopic (exact) mass is 370 g/mol. The molecule has 1 aromatic carbocycles. The van der Waals surface area contributed by atoms with Crippen LogP contribution < -0.4 is 5.32 Å². The van der Waals surface area contributed by atoms with E-state index in [1.807, 2.05) is 37.3 Å². The van der Waals surface area contributed by atoms with E-state index in [-0.39, 0.29) is 5.91 Å². The summed E-state index contributed by atoms with van der Waals surface area (Å²) in [6, 6.07) is 10.0. The van der Waals surface area contributed by atoms with Crippen molar-refractivity contribution in [2.24, 2.45) is 0 Å². The van der Waals surface area contributed by atoms with E-state index in [4.69, 9.17) is 9.40 Å². The molecule has 1 saturated heterocycles. The zero-order valence-corrected chi connectivity index (χ0v) is 16.4. The molecule has 1 aliphatic rings. The van der Waals surface area contributed by atoms with Gasteiger partial charge in [0.15, 0.2) is 0 Å². The molecule has 0 atom stereocenters. The predicted octanol–water partition coefficient (Wildman–Crippen LogP) is 2.68. The molecule has 0 radical (unpaired) electrons. The Morgan fingerprint density at radius 2 is 1.85 bits per heavy atom. The number of piperazine rings is 1. The Balaban J connectivity index is 1.47. The van der Waals surface area contributed by atoms with E-state index >= 15 is 0 Å². The highest BCUT2D eigenvalue weighted by molar-refractivity contribution is 5.77. The van der Waals surface area contributed by atoms with Gasteiger partial charge in [0.2, 0.25) is 11.8 Å². The SMILES string of the molecule is CCCCNC(=O)CN1CCN(Cc2nc(-c3ccccc3)oc2C)CC1. The molecule has 1 N–H and O–H groups in total. The van der Waals surface area contributed by atoms with Gasteiger partial charge in [-0.15, -0.1) is 0 Å². The largest absolute Gasteiger partial charge is 0.441 e. The lowest BCUT2D eigenvalue weighted by Gasteiger charge is -2.33. The number of hydrogen-bond donors (Lipinski definition) is 1. The summed E-state index contributed by atoms with van der Waals surface area (Å²) in [4.78, 5) is 21.3. The number of oxazole rings is 1. The Morgan fingerprint density at radius 1 is 1.15 bits per heavy atom. The number of carbonyl (C=O) groups excluding carboxylic acids is 1. The molecule has 3 rings (SSSR count). The highest BCUT2D eigenvalue weighted by atomic mass is 16.4. The number of amides is 1. The molecule has 0 bridgehead atoms. The number of nitrogens with one attached hydrogen (secondary N) is 1. The molecule has 146 valence electrons. The van der Waals surface area contributed by atoms with Crippen LogP contribution in [0.5, 0.6) is 0 Å². The van der Waals surface area contributed by atoms with Crippen LogP contribution in [-0.2, 0) is 11.3 Å². The van der Waals surface area contributed by atoms with E-state index in [9.17, 15) is 4.79 Å². The topological polar surface area (TPSA) is 61.6 Å². The van der Waals surface area contributed by atoms with Crippen LogP contribution in [0.2, 0.25) is 0 Å². The molecule has 0 saturated carbocycles. The first-order chi connectivity index (χ1) is 13.2. The van der Waals surface area contributed by atoms with Crippen LogP contribution in [0.3, 0.4) is 0 Å². The quantitative estimate of drug-likeness (QED) is 0.724. The lowest BCUT2D eigenvalue weighted by Crippen LogP contribution is -2.49. The third kappa shape index (κ3) is 5.65. The van der Waals surface area contributed by atoms with Crippen LogP contribution in [0.1, 0.15) is 31.2 Å². The predicted molar refractivity (Wildman–Crippen MR) is 106 cm³/mol. The van der Waals surface area contributed by atoms with Crippen LogP contribution in [0, 0.1) is 6.92 Å². The second-order valence-corrected chi connectivity index (χ2v) is 7.14. The summed E-state index contributed by atoms with van der Waals surface area (Å²) in [7, 11) is 0. The first kappa shape index (κ1) is 19.6. The Labute approximate surface area is 161 Å². The van der Waals surface area contributed by atoms with Gasteiger partial charge in [0.1, 0.15) is 5.76 Å². The molecule has 1 aromatic heterocycles. The number of hydrogen-bond acceptors (Lipinski definition) is 5. The van der Waals surface area contributed by atoms with Crippen molar-refractivity contribution >= 4 is 5.91 Å². The number of benzene rings is 1. The number of unbranched alkanes of at least 4 members (excludes halogenated alkanes) is 1. The fraction of sp³-hybridized carbons (Fsp3) is 0.524. The van der Waals surface area contributed by atoms with Crippen molar-refractivity contribution in [2.45, 2.75) is 33.2 Å². The third-order valence-corrected chi connectivity index (χ3v) is 4.97. The molecule has 0 unspecified atom stereocenters. The number of nitrogens with zero attached hydrogens (tertiary/aromatic N) is 3. The van der Waals surface area contributed by atoms with E-state index in [1.54, 1.807) is 0 Å². The standard InChI is InChI=1S/C21H30N4O2/c1-3-4-10-22-20(26)16-25-13-11-24(12-14-25)15-19-17(2)27-21(23-19)18-8-6-5-7-9-18/h5-9H,3-4,10-16H2,1-2H3,(H,22,26). The van der Waals surface area contributed by atoms with Gasteiger partial charge in [-0.1, -0.05) is 31.5 Å². The van der Waals surface area contributed by atoms with Gasteiger partial charge in [-0.3, -0.25) is 14.6 Å². The van der Waals surface area contributed by atoms with E-state index in [0.717, 1.165) is 69.1 Å². The zero-order valence-electron chi connectivity index (χ0n) is 16.4. The van der Waals surface area contributed by atoms with E-state index in [0.29, 0.717) is 12.4 Å². The molecule has 2 aromatic rings. The zero-order chi connectivity index (χ0) is 19.1. The Bertz CT molecular complexity index is 721. The lowest BCUT2D eigenvalue weighted by molar-refractivity contribution is -0.122. The van der Waals surface area contributed by atoms with Gasteiger partial charge in [0.05, 0.1) is 12.2 Å². The van der Waals surface area contributed by atoms with E-state index < -0.39 is 0 Å². The maximum Gasteiger partial charge on any atom is 0.234 e. The molecule has 1 amide bonds. The molecular weight excluding hydrogens is 340 g/mol. The Morgan fingerprint density at radius 3 is 2.56 bits per heavy atom. The minimum absolute atomic E-state index is 0.136. The van der Waals surface area contributed by atoms with Gasteiger partial charge >= 0.3 is 0 Å². The Kier molecular flexibility index (Phi) is 7.01. The number of rotatable bonds is 8. The molecule has 0 aliphatic carbocycles. The van der Waals surface area contributed by atoms with Crippen molar-refractivity contribution in [1.29, 1.82) is 0 Å². The highest BCUT2D eigenvalue weighted by Crippen LogP contribution is 2.22. The summed E-state index contributed by atoms with van der Waals surface area (Å²) in [5.74, 6) is 1.70. The van der Waals surface area contributed by atoms with Crippen LogP contribution in [0.4, 0.5) is 0 Å². The van der Waals surface area contributed by atoms with Gasteiger partial charge in [-0.05, 0) is 25.5 Å². The van der Waals surface area contributed by atoms with Crippen LogP contribution in [-0.4, -0.2) is 60.0 Å². The molecule has 1 aliphatic heterocycles. The minimum atomic E-state index is 0.136. The second-order valence-electron chi connectivity index (χ2n) is 7.14. The normalized spacial score (nSPS) is 15.8. The average molecular weight is 370 g/mol. The summed E-state index contributed by atoms with van der Waals surface area (Å²) >= 11 is 0. The molecule has 6 nitrogen and oxygen atoms in total. The summed E-state index contributed by atoms with van der Waals surface area (Å²) < 4.78 is 5.86. The highest BCUT2D eigenvalue weighted by Gasteiger charge is 2.21. The van der Waals surface area contributed by atoms with Crippen molar-refractivity contribution in [2.75, 3.05) is 39.3 Å². The number of aromatic nitrogens is 1. The van der Waals surface area contributed by atoms with Crippen LogP contribution in [0.25, 0.3) is 11.5 Å². The van der Waals surface area contributed by atoms with Crippen LogP contribution in [0.15, 0.2) is 34.7 Å². The summed E-state index contributed by atoms with van der Waals surface area (Å²) in [5, 5.41) is 2.99. The van der Waals surface area contributed by atoms with E-state index in [1.165, 1.54) is 0 Å². The van der Waals surface area contributed by atoms with Crippen molar-refractivity contribution in [1.82, 2.24) is 20.1 Å². The molecule has 0 spiro atoms. The number of carbonyl (C=O) groups is 1. The second kappa shape index (κ2) is 9.67. The van der Waals surface area contributed by atoms with Gasteiger partial charge in [-0.25, -0.2) is 4.98 Å². The van der Waals surface area contributed by atoms with Crippen molar-refractivity contribution in [3.8, 4) is 11.5 Å². The van der Waals surface area contributed by atoms with Gasteiger partial charge in [0.25, 0.3) is 0 Å². The fourth-order valence-electron chi connectivity index (χ4n) is 3.26.